The largest absolute Gasteiger partial charge is 0.309 e. The molecule has 0 spiro atoms. The average Bonchev–Trinajstić information content (AvgIpc) is 3.96. The first-order valence-corrected chi connectivity index (χ1v) is 18.3. The summed E-state index contributed by atoms with van der Waals surface area (Å²) in [6.07, 6.45) is 0. The zero-order valence-corrected chi connectivity index (χ0v) is 29.3. The van der Waals surface area contributed by atoms with Gasteiger partial charge in [-0.2, -0.15) is 0 Å². The van der Waals surface area contributed by atoms with Crippen molar-refractivity contribution in [2.45, 2.75) is 19.3 Å². The third-order valence-electron chi connectivity index (χ3n) is 11.7. The van der Waals surface area contributed by atoms with E-state index in [2.05, 4.69) is 196 Å². The summed E-state index contributed by atoms with van der Waals surface area (Å²) in [6.45, 7) is 4.72. The molecule has 7 aromatic carbocycles. The van der Waals surface area contributed by atoms with Crippen LogP contribution in [0.4, 0.5) is 0 Å². The predicted octanol–water partition coefficient (Wildman–Crippen LogP) is 11.8. The second kappa shape index (κ2) is 10.1. The molecular formula is C48H33N5. The summed E-state index contributed by atoms with van der Waals surface area (Å²) in [5.74, 6) is 0.898. The third-order valence-corrected chi connectivity index (χ3v) is 11.7. The zero-order valence-electron chi connectivity index (χ0n) is 29.3. The summed E-state index contributed by atoms with van der Waals surface area (Å²) >= 11 is 0. The molecule has 0 atom stereocenters. The molecule has 0 saturated carbocycles. The van der Waals surface area contributed by atoms with Crippen LogP contribution in [0.2, 0.25) is 0 Å². The van der Waals surface area contributed by atoms with Crippen molar-refractivity contribution >= 4 is 60.7 Å². The van der Waals surface area contributed by atoms with Gasteiger partial charge in [0.05, 0.1) is 33.3 Å². The zero-order chi connectivity index (χ0) is 35.0. The number of rotatable bonds is 3. The molecular weight excluding hydrogens is 647 g/mol. The molecule has 0 radical (unpaired) electrons. The van der Waals surface area contributed by atoms with Crippen molar-refractivity contribution in [2.75, 3.05) is 0 Å². The lowest BCUT2D eigenvalue weighted by atomic mass is 9.82. The molecule has 0 bridgehead atoms. The Morgan fingerprint density at radius 1 is 0.434 bits per heavy atom. The van der Waals surface area contributed by atoms with Crippen molar-refractivity contribution in [3.8, 4) is 28.2 Å². The van der Waals surface area contributed by atoms with Gasteiger partial charge in [0.15, 0.2) is 5.65 Å². The van der Waals surface area contributed by atoms with Crippen LogP contribution in [0.3, 0.4) is 0 Å². The Morgan fingerprint density at radius 3 is 1.89 bits per heavy atom. The molecule has 12 rings (SSSR count). The van der Waals surface area contributed by atoms with Crippen LogP contribution in [-0.2, 0) is 5.41 Å². The Morgan fingerprint density at radius 2 is 1.08 bits per heavy atom. The number of hydrogen-bond donors (Lipinski definition) is 0. The van der Waals surface area contributed by atoms with Gasteiger partial charge in [0.2, 0.25) is 5.78 Å². The van der Waals surface area contributed by atoms with E-state index in [0.29, 0.717) is 0 Å². The van der Waals surface area contributed by atoms with Gasteiger partial charge in [-0.05, 0) is 95.1 Å². The number of benzene rings is 7. The summed E-state index contributed by atoms with van der Waals surface area (Å²) in [6, 6.07) is 59.5. The summed E-state index contributed by atoms with van der Waals surface area (Å²) in [4.78, 5) is 5.33. The molecule has 0 aliphatic heterocycles. The molecule has 5 nitrogen and oxygen atoms in total. The first-order chi connectivity index (χ1) is 26.1. The highest BCUT2D eigenvalue weighted by Crippen LogP contribution is 2.51. The second-order valence-electron chi connectivity index (χ2n) is 14.9. The van der Waals surface area contributed by atoms with Gasteiger partial charge < -0.3 is 4.57 Å². The lowest BCUT2D eigenvalue weighted by molar-refractivity contribution is 0.661. The molecule has 0 saturated heterocycles. The van der Waals surface area contributed by atoms with E-state index in [1.807, 2.05) is 0 Å². The van der Waals surface area contributed by atoms with Gasteiger partial charge in [0, 0.05) is 32.9 Å². The van der Waals surface area contributed by atoms with E-state index in [4.69, 9.17) is 4.98 Å². The fourth-order valence-corrected chi connectivity index (χ4v) is 9.39. The topological polar surface area (TPSA) is 32.1 Å². The van der Waals surface area contributed by atoms with Gasteiger partial charge in [-0.15, -0.1) is 0 Å². The van der Waals surface area contributed by atoms with Gasteiger partial charge in [-0.25, -0.2) is 4.98 Å². The molecule has 250 valence electrons. The molecule has 0 N–H and O–H groups in total. The Kier molecular flexibility index (Phi) is 5.51. The molecule has 0 amide bonds. The van der Waals surface area contributed by atoms with Crippen molar-refractivity contribution in [2.24, 2.45) is 0 Å². The van der Waals surface area contributed by atoms with Crippen LogP contribution >= 0.6 is 0 Å². The predicted molar refractivity (Wildman–Crippen MR) is 218 cm³/mol. The van der Waals surface area contributed by atoms with Gasteiger partial charge in [-0.3, -0.25) is 13.5 Å². The summed E-state index contributed by atoms with van der Waals surface area (Å²) in [7, 11) is 0. The smallest absolute Gasteiger partial charge is 0.221 e. The highest BCUT2D eigenvalue weighted by Gasteiger charge is 2.36. The maximum Gasteiger partial charge on any atom is 0.221 e. The average molecular weight is 680 g/mol. The van der Waals surface area contributed by atoms with E-state index in [1.165, 1.54) is 49.4 Å². The lowest BCUT2D eigenvalue weighted by Crippen LogP contribution is -2.14. The van der Waals surface area contributed by atoms with Crippen LogP contribution in [0.5, 0.6) is 0 Å². The Bertz CT molecular complexity index is 3300. The molecule has 1 aliphatic rings. The number of aromatic nitrogens is 5. The summed E-state index contributed by atoms with van der Waals surface area (Å²) < 4.78 is 9.57. The van der Waals surface area contributed by atoms with Crippen molar-refractivity contribution in [3.05, 3.63) is 175 Å². The normalized spacial score (nSPS) is 13.6. The van der Waals surface area contributed by atoms with E-state index >= 15 is 0 Å². The Labute approximate surface area is 305 Å². The van der Waals surface area contributed by atoms with E-state index < -0.39 is 0 Å². The molecule has 4 aromatic heterocycles. The van der Waals surface area contributed by atoms with Crippen molar-refractivity contribution < 1.29 is 0 Å². The van der Waals surface area contributed by atoms with Crippen molar-refractivity contribution in [1.29, 1.82) is 0 Å². The molecule has 4 heterocycles. The van der Waals surface area contributed by atoms with Crippen LogP contribution in [0, 0.1) is 0 Å². The van der Waals surface area contributed by atoms with Crippen LogP contribution in [0.15, 0.2) is 164 Å². The molecule has 0 unspecified atom stereocenters. The molecule has 53 heavy (non-hydrogen) atoms. The van der Waals surface area contributed by atoms with Crippen LogP contribution in [0.25, 0.3) is 88.9 Å². The van der Waals surface area contributed by atoms with Gasteiger partial charge in [0.25, 0.3) is 0 Å². The molecule has 1 aliphatic carbocycles. The maximum absolute atomic E-state index is 5.33. The Balaban J connectivity index is 1.23. The summed E-state index contributed by atoms with van der Waals surface area (Å²) in [5.41, 5.74) is 16.5. The quantitative estimate of drug-likeness (QED) is 0.183. The molecule has 0 fully saturated rings. The first-order valence-electron chi connectivity index (χ1n) is 18.3. The fourth-order valence-electron chi connectivity index (χ4n) is 9.39. The number of imidazole rings is 2. The second-order valence-corrected chi connectivity index (χ2v) is 14.9. The van der Waals surface area contributed by atoms with E-state index in [0.717, 1.165) is 50.6 Å². The standard InChI is InChI=1S/C48H33N5/c1-48(2)38-21-11-9-19-33(38)35-28-37-36-27-32(25-26-42(36)50(44(37)29-39(35)48)30-15-5-3-6-16-30)52-45-34-20-10-13-23-41(34)51(31-17-7-4-8-18-31)46(45)53-43-24-14-12-22-40(43)49-47(52)53/h3-29H,1-2H3. The number of hydrogen-bond acceptors (Lipinski definition) is 1. The summed E-state index contributed by atoms with van der Waals surface area (Å²) in [5, 5.41) is 3.65. The van der Waals surface area contributed by atoms with Crippen molar-refractivity contribution in [3.63, 3.8) is 0 Å². The number of nitrogens with zero attached hydrogens (tertiary/aromatic N) is 5. The minimum atomic E-state index is -0.0960. The number of para-hydroxylation sites is 5. The van der Waals surface area contributed by atoms with Crippen LogP contribution < -0.4 is 0 Å². The number of fused-ring (bicyclic) bond motifs is 13. The monoisotopic (exact) mass is 679 g/mol. The third kappa shape index (κ3) is 3.68. The van der Waals surface area contributed by atoms with Crippen LogP contribution in [-0.4, -0.2) is 23.1 Å². The SMILES string of the molecule is CC1(C)c2ccccc2-c2cc3c4cc(-n5c6c7ccccc7n(-c7ccccc7)c6n6c7ccccc7nc56)ccc4n(-c4ccccc4)c3cc21. The maximum atomic E-state index is 5.33. The van der Waals surface area contributed by atoms with Crippen LogP contribution in [0.1, 0.15) is 25.0 Å². The molecule has 11 aromatic rings. The first kappa shape index (κ1) is 28.8. The minimum absolute atomic E-state index is 0.0960. The van der Waals surface area contributed by atoms with E-state index in [-0.39, 0.29) is 5.41 Å². The fraction of sp³-hybridized carbons (Fsp3) is 0.0625. The molecule has 5 heteroatoms. The lowest BCUT2D eigenvalue weighted by Gasteiger charge is -2.21. The van der Waals surface area contributed by atoms with Gasteiger partial charge in [0.1, 0.15) is 5.52 Å². The Hall–Kier alpha value is -6.85. The van der Waals surface area contributed by atoms with Gasteiger partial charge >= 0.3 is 0 Å². The highest BCUT2D eigenvalue weighted by atomic mass is 15.3. The van der Waals surface area contributed by atoms with E-state index in [9.17, 15) is 0 Å². The highest BCUT2D eigenvalue weighted by molar-refractivity contribution is 6.14. The van der Waals surface area contributed by atoms with Gasteiger partial charge in [-0.1, -0.05) is 105 Å². The van der Waals surface area contributed by atoms with Crippen molar-refractivity contribution in [1.82, 2.24) is 23.1 Å². The van der Waals surface area contributed by atoms with E-state index in [1.54, 1.807) is 0 Å². The minimum Gasteiger partial charge on any atom is -0.309 e.